The van der Waals surface area contributed by atoms with Crippen LogP contribution in [0.15, 0.2) is 55.0 Å². The number of carbonyl (C=O) groups excluding carboxylic acids is 1. The molecule has 0 spiro atoms. The second-order valence-corrected chi connectivity index (χ2v) is 9.23. The summed E-state index contributed by atoms with van der Waals surface area (Å²) in [5, 5.41) is 11.1. The van der Waals surface area contributed by atoms with Crippen molar-refractivity contribution in [2.24, 2.45) is 0 Å². The number of benzene rings is 2. The van der Waals surface area contributed by atoms with Crippen LogP contribution in [0.25, 0.3) is 16.9 Å². The number of aromatic nitrogens is 4. The smallest absolute Gasteiger partial charge is 0.416 e. The molecule has 0 saturated carbocycles. The molecule has 1 N–H and O–H groups in total. The van der Waals surface area contributed by atoms with Gasteiger partial charge >= 0.3 is 6.18 Å². The van der Waals surface area contributed by atoms with Gasteiger partial charge in [-0.1, -0.05) is 23.7 Å². The van der Waals surface area contributed by atoms with E-state index in [0.29, 0.717) is 29.2 Å². The van der Waals surface area contributed by atoms with Gasteiger partial charge in [-0.25, -0.2) is 4.68 Å². The van der Waals surface area contributed by atoms with Gasteiger partial charge in [0.15, 0.2) is 0 Å². The molecule has 2 heterocycles. The van der Waals surface area contributed by atoms with Crippen molar-refractivity contribution in [1.29, 1.82) is 0 Å². The largest absolute Gasteiger partial charge is 0.495 e. The van der Waals surface area contributed by atoms with Crippen molar-refractivity contribution < 1.29 is 27.4 Å². The lowest BCUT2D eigenvalue weighted by atomic mass is 10.1. The maximum atomic E-state index is 13.7. The van der Waals surface area contributed by atoms with Crippen molar-refractivity contribution in [3.63, 3.8) is 0 Å². The predicted octanol–water partition coefficient (Wildman–Crippen LogP) is 5.72. The Bertz CT molecular complexity index is 1530. The zero-order valence-electron chi connectivity index (χ0n) is 22.1. The average molecular weight is 575 g/mol. The summed E-state index contributed by atoms with van der Waals surface area (Å²) >= 11 is 6.40. The minimum atomic E-state index is -4.62. The number of hydrogen-bond acceptors (Lipinski definition) is 7. The fourth-order valence-electron chi connectivity index (χ4n) is 3.91. The maximum absolute atomic E-state index is 13.7. The zero-order chi connectivity index (χ0) is 29.0. The number of ether oxygens (including phenoxy) is 2. The minimum Gasteiger partial charge on any atom is -0.495 e. The first-order valence-corrected chi connectivity index (χ1v) is 12.4. The van der Waals surface area contributed by atoms with Crippen molar-refractivity contribution in [3.05, 3.63) is 76.7 Å². The Morgan fingerprint density at radius 2 is 1.90 bits per heavy atom. The third-order valence-electron chi connectivity index (χ3n) is 6.12. The fraction of sp³-hybridized carbons (Fsp3) is 0.259. The number of halogens is 4. The normalized spacial score (nSPS) is 11.5. The molecule has 0 aliphatic heterocycles. The van der Waals surface area contributed by atoms with Gasteiger partial charge in [0.25, 0.3) is 5.91 Å². The standard InChI is InChI=1S/C27H26ClF3N6O3/c1-5-36(2)14-18-8-19(27(29,30)31)11-22(25(18)40-4)33-26(38)16-6-7-21(28)24(10-16)37-15-23(34-35-37)17-9-20(39-3)13-32-12-17/h6-13,15H,5,14H2,1-4H3,(H,33,38). The van der Waals surface area contributed by atoms with Crippen molar-refractivity contribution in [1.82, 2.24) is 24.9 Å². The first kappa shape index (κ1) is 28.8. The van der Waals surface area contributed by atoms with Crippen LogP contribution >= 0.6 is 11.6 Å². The quantitative estimate of drug-likeness (QED) is 0.273. The van der Waals surface area contributed by atoms with Gasteiger partial charge in [-0.15, -0.1) is 5.10 Å². The monoisotopic (exact) mass is 574 g/mol. The number of hydrogen-bond donors (Lipinski definition) is 1. The summed E-state index contributed by atoms with van der Waals surface area (Å²) in [5.74, 6) is 0.0181. The van der Waals surface area contributed by atoms with Crippen molar-refractivity contribution in [2.45, 2.75) is 19.6 Å². The lowest BCUT2D eigenvalue weighted by Crippen LogP contribution is -2.20. The number of alkyl halides is 3. The number of rotatable bonds is 9. The lowest BCUT2D eigenvalue weighted by Gasteiger charge is -2.21. The summed E-state index contributed by atoms with van der Waals surface area (Å²) in [5.41, 5.74) is 0.883. The van der Waals surface area contributed by atoms with Crippen LogP contribution < -0.4 is 14.8 Å². The Morgan fingerprint density at radius 3 is 2.58 bits per heavy atom. The van der Waals surface area contributed by atoms with Crippen LogP contribution in [-0.2, 0) is 12.7 Å². The van der Waals surface area contributed by atoms with Gasteiger partial charge in [-0.05, 0) is 50.0 Å². The lowest BCUT2D eigenvalue weighted by molar-refractivity contribution is -0.137. The van der Waals surface area contributed by atoms with Crippen LogP contribution in [0.3, 0.4) is 0 Å². The highest BCUT2D eigenvalue weighted by atomic mass is 35.5. The highest BCUT2D eigenvalue weighted by Gasteiger charge is 2.33. The first-order valence-electron chi connectivity index (χ1n) is 12.0. The van der Waals surface area contributed by atoms with E-state index in [-0.39, 0.29) is 34.1 Å². The molecule has 4 aromatic rings. The zero-order valence-corrected chi connectivity index (χ0v) is 22.8. The van der Waals surface area contributed by atoms with E-state index >= 15 is 0 Å². The molecule has 0 bridgehead atoms. The number of pyridine rings is 1. The molecule has 40 heavy (non-hydrogen) atoms. The molecular weight excluding hydrogens is 549 g/mol. The Hall–Kier alpha value is -4.16. The highest BCUT2D eigenvalue weighted by molar-refractivity contribution is 6.32. The van der Waals surface area contributed by atoms with Crippen LogP contribution in [0, 0.1) is 0 Å². The number of anilines is 1. The van der Waals surface area contributed by atoms with Crippen LogP contribution in [0.4, 0.5) is 18.9 Å². The summed E-state index contributed by atoms with van der Waals surface area (Å²) in [7, 11) is 4.63. The number of nitrogens with zero attached hydrogens (tertiary/aromatic N) is 5. The molecule has 0 aliphatic rings. The number of nitrogens with one attached hydrogen (secondary N) is 1. The summed E-state index contributed by atoms with van der Waals surface area (Å²) in [6.07, 6.45) is 0.127. The van der Waals surface area contributed by atoms with Gasteiger partial charge in [0, 0.05) is 29.4 Å². The third-order valence-corrected chi connectivity index (χ3v) is 6.44. The molecule has 0 fully saturated rings. The van der Waals surface area contributed by atoms with Gasteiger partial charge in [-0.3, -0.25) is 9.78 Å². The van der Waals surface area contributed by atoms with E-state index < -0.39 is 17.6 Å². The molecule has 1 amide bonds. The Kier molecular flexibility index (Phi) is 8.60. The van der Waals surface area contributed by atoms with Gasteiger partial charge < -0.3 is 19.7 Å². The van der Waals surface area contributed by atoms with Gasteiger partial charge in [-0.2, -0.15) is 13.2 Å². The molecule has 0 atom stereocenters. The maximum Gasteiger partial charge on any atom is 0.416 e. The molecule has 0 aliphatic carbocycles. The Balaban J connectivity index is 1.67. The fourth-order valence-corrected chi connectivity index (χ4v) is 4.12. The van der Waals surface area contributed by atoms with Crippen LogP contribution in [0.1, 0.15) is 28.4 Å². The van der Waals surface area contributed by atoms with Gasteiger partial charge in [0.05, 0.1) is 48.6 Å². The summed E-state index contributed by atoms with van der Waals surface area (Å²) in [6.45, 7) is 2.68. The third kappa shape index (κ3) is 6.35. The number of carbonyl (C=O) groups is 1. The molecule has 210 valence electrons. The molecule has 9 nitrogen and oxygen atoms in total. The molecule has 0 unspecified atom stereocenters. The van der Waals surface area contributed by atoms with E-state index in [1.54, 1.807) is 31.7 Å². The predicted molar refractivity (Wildman–Crippen MR) is 144 cm³/mol. The molecule has 0 saturated heterocycles. The van der Waals surface area contributed by atoms with Crippen LogP contribution in [0.2, 0.25) is 5.02 Å². The molecule has 2 aromatic heterocycles. The van der Waals surface area contributed by atoms with E-state index in [0.717, 1.165) is 12.1 Å². The molecular formula is C27H26ClF3N6O3. The second-order valence-electron chi connectivity index (χ2n) is 8.83. The first-order chi connectivity index (χ1) is 19.0. The second kappa shape index (κ2) is 11.9. The number of methoxy groups -OCH3 is 2. The van der Waals surface area contributed by atoms with E-state index in [9.17, 15) is 18.0 Å². The topological polar surface area (TPSA) is 94.4 Å². The molecule has 0 radical (unpaired) electrons. The van der Waals surface area contributed by atoms with Gasteiger partial charge in [0.1, 0.15) is 17.2 Å². The summed E-state index contributed by atoms with van der Waals surface area (Å²) in [6, 6.07) is 8.03. The van der Waals surface area contributed by atoms with E-state index in [2.05, 4.69) is 20.6 Å². The van der Waals surface area contributed by atoms with Crippen LogP contribution in [-0.4, -0.2) is 58.6 Å². The summed E-state index contributed by atoms with van der Waals surface area (Å²) in [4.78, 5) is 19.2. The highest BCUT2D eigenvalue weighted by Crippen LogP contribution is 2.38. The summed E-state index contributed by atoms with van der Waals surface area (Å²) < 4.78 is 53.1. The van der Waals surface area contributed by atoms with Gasteiger partial charge in [0.2, 0.25) is 0 Å². The Labute approximate surface area is 233 Å². The van der Waals surface area contributed by atoms with Crippen molar-refractivity contribution >= 4 is 23.2 Å². The van der Waals surface area contributed by atoms with E-state index in [1.165, 1.54) is 37.1 Å². The van der Waals surface area contributed by atoms with Crippen molar-refractivity contribution in [3.8, 4) is 28.4 Å². The van der Waals surface area contributed by atoms with E-state index in [1.807, 2.05) is 11.8 Å². The molecule has 13 heteroatoms. The number of amides is 1. The molecule has 4 rings (SSSR count). The van der Waals surface area contributed by atoms with Crippen molar-refractivity contribution in [2.75, 3.05) is 33.1 Å². The van der Waals surface area contributed by atoms with Crippen LogP contribution in [0.5, 0.6) is 11.5 Å². The SMILES string of the molecule is CCN(C)Cc1cc(C(F)(F)F)cc(NC(=O)c2ccc(Cl)c(-n3cc(-c4cncc(OC)c4)nn3)c2)c1OC. The minimum absolute atomic E-state index is 0.105. The van der Waals surface area contributed by atoms with E-state index in [4.69, 9.17) is 21.1 Å². The Morgan fingerprint density at radius 1 is 1.12 bits per heavy atom. The molecule has 2 aromatic carbocycles. The average Bonchev–Trinajstić information content (AvgIpc) is 3.42.